The molecule has 0 atom stereocenters. The fourth-order valence-electron chi connectivity index (χ4n) is 2.28. The Hall–Kier alpha value is -2.93. The third-order valence-electron chi connectivity index (χ3n) is 3.36. The van der Waals surface area contributed by atoms with Crippen molar-refractivity contribution in [1.29, 1.82) is 0 Å². The van der Waals surface area contributed by atoms with Gasteiger partial charge >= 0.3 is 5.63 Å². The first-order valence-corrected chi connectivity index (χ1v) is 7.75. The van der Waals surface area contributed by atoms with Crippen molar-refractivity contribution in [2.24, 2.45) is 0 Å². The van der Waals surface area contributed by atoms with Gasteiger partial charge in [-0.1, -0.05) is 6.07 Å². The van der Waals surface area contributed by atoms with E-state index in [0.29, 0.717) is 15.2 Å². The third-order valence-corrected chi connectivity index (χ3v) is 4.34. The van der Waals surface area contributed by atoms with E-state index in [-0.39, 0.29) is 22.6 Å². The van der Waals surface area contributed by atoms with Gasteiger partial charge in [0.15, 0.2) is 0 Å². The number of nitrogens with zero attached hydrogens (tertiary/aromatic N) is 2. The molecule has 2 aromatic heterocycles. The van der Waals surface area contributed by atoms with Gasteiger partial charge in [0.2, 0.25) is 5.89 Å². The van der Waals surface area contributed by atoms with Crippen LogP contribution in [0.4, 0.5) is 8.78 Å². The fourth-order valence-corrected chi connectivity index (χ4v) is 3.17. The molecular weight excluding hydrogens is 334 g/mol. The molecule has 0 bridgehead atoms. The van der Waals surface area contributed by atoms with Gasteiger partial charge in [0, 0.05) is 6.08 Å². The summed E-state index contributed by atoms with van der Waals surface area (Å²) in [4.78, 5) is 20.2. The van der Waals surface area contributed by atoms with Gasteiger partial charge in [0.05, 0.1) is 15.6 Å². The number of aromatic nitrogens is 2. The molecule has 0 fully saturated rings. The van der Waals surface area contributed by atoms with Gasteiger partial charge in [-0.3, -0.25) is 0 Å². The summed E-state index contributed by atoms with van der Waals surface area (Å²) in [6.07, 6.45) is 3.02. The van der Waals surface area contributed by atoms with Crippen molar-refractivity contribution >= 4 is 44.6 Å². The standard InChI is InChI=1S/C17H8F2N2O2S/c18-9-4-5-12-13(8-9)24-15(20-12)7-6-14-21-16-10(17(22)23-14)2-1-3-11(16)19/h1-8H/b7-6+. The van der Waals surface area contributed by atoms with Crippen LogP contribution >= 0.6 is 11.3 Å². The molecular formula is C17H8F2N2O2S. The second kappa shape index (κ2) is 5.61. The van der Waals surface area contributed by atoms with Crippen molar-refractivity contribution in [3.05, 3.63) is 69.4 Å². The normalized spacial score (nSPS) is 11.8. The van der Waals surface area contributed by atoms with Gasteiger partial charge in [-0.2, -0.15) is 0 Å². The smallest absolute Gasteiger partial charge is 0.347 e. The Labute approximate surface area is 137 Å². The highest BCUT2D eigenvalue weighted by molar-refractivity contribution is 7.19. The van der Waals surface area contributed by atoms with E-state index in [1.807, 2.05) is 0 Å². The molecule has 2 aromatic carbocycles. The third kappa shape index (κ3) is 2.59. The minimum atomic E-state index is -0.662. The molecule has 0 aliphatic carbocycles. The first-order valence-electron chi connectivity index (χ1n) is 6.94. The Morgan fingerprint density at radius 1 is 1.08 bits per heavy atom. The van der Waals surface area contributed by atoms with Crippen molar-refractivity contribution in [3.8, 4) is 0 Å². The highest BCUT2D eigenvalue weighted by atomic mass is 32.1. The summed E-state index contributed by atoms with van der Waals surface area (Å²) in [6.45, 7) is 0. The number of hydrogen-bond donors (Lipinski definition) is 0. The van der Waals surface area contributed by atoms with Crippen LogP contribution < -0.4 is 5.63 Å². The highest BCUT2D eigenvalue weighted by Crippen LogP contribution is 2.24. The summed E-state index contributed by atoms with van der Waals surface area (Å²) >= 11 is 1.28. The van der Waals surface area contributed by atoms with E-state index in [2.05, 4.69) is 9.97 Å². The van der Waals surface area contributed by atoms with Crippen LogP contribution in [0, 0.1) is 11.6 Å². The van der Waals surface area contributed by atoms with Crippen LogP contribution in [0.5, 0.6) is 0 Å². The van der Waals surface area contributed by atoms with Crippen LogP contribution in [0.25, 0.3) is 33.3 Å². The van der Waals surface area contributed by atoms with E-state index in [1.54, 1.807) is 12.1 Å². The summed E-state index contributed by atoms with van der Waals surface area (Å²) in [5, 5.41) is 0.677. The maximum atomic E-state index is 13.8. The molecule has 0 spiro atoms. The van der Waals surface area contributed by atoms with Crippen molar-refractivity contribution in [2.45, 2.75) is 0 Å². The molecule has 0 unspecified atom stereocenters. The maximum absolute atomic E-state index is 13.8. The molecule has 4 aromatic rings. The second-order valence-electron chi connectivity index (χ2n) is 4.97. The molecule has 2 heterocycles. The molecule has 0 amide bonds. The largest absolute Gasteiger partial charge is 0.404 e. The van der Waals surface area contributed by atoms with E-state index in [1.165, 1.54) is 47.7 Å². The van der Waals surface area contributed by atoms with E-state index >= 15 is 0 Å². The van der Waals surface area contributed by atoms with Crippen LogP contribution in [-0.2, 0) is 0 Å². The maximum Gasteiger partial charge on any atom is 0.347 e. The van der Waals surface area contributed by atoms with Crippen LogP contribution in [0.15, 0.2) is 45.6 Å². The lowest BCUT2D eigenvalue weighted by molar-refractivity contribution is 0.488. The highest BCUT2D eigenvalue weighted by Gasteiger charge is 2.09. The summed E-state index contributed by atoms with van der Waals surface area (Å²) in [5.41, 5.74) is -0.0368. The molecule has 0 saturated carbocycles. The molecule has 118 valence electrons. The molecule has 0 aliphatic rings. The number of fused-ring (bicyclic) bond motifs is 2. The van der Waals surface area contributed by atoms with E-state index in [0.717, 1.165) is 0 Å². The van der Waals surface area contributed by atoms with Crippen LogP contribution in [0.2, 0.25) is 0 Å². The van der Waals surface area contributed by atoms with E-state index in [4.69, 9.17) is 4.42 Å². The van der Waals surface area contributed by atoms with Crippen LogP contribution in [0.3, 0.4) is 0 Å². The number of benzene rings is 2. The monoisotopic (exact) mass is 342 g/mol. The van der Waals surface area contributed by atoms with Gasteiger partial charge in [0.25, 0.3) is 0 Å². The van der Waals surface area contributed by atoms with E-state index in [9.17, 15) is 13.6 Å². The predicted molar refractivity (Wildman–Crippen MR) is 88.7 cm³/mol. The molecule has 4 rings (SSSR count). The Balaban J connectivity index is 1.76. The molecule has 24 heavy (non-hydrogen) atoms. The number of rotatable bonds is 2. The topological polar surface area (TPSA) is 56.0 Å². The molecule has 0 N–H and O–H groups in total. The Kier molecular flexibility index (Phi) is 3.42. The van der Waals surface area contributed by atoms with Gasteiger partial charge in [0.1, 0.15) is 22.2 Å². The predicted octanol–water partition coefficient (Wildman–Crippen LogP) is 4.25. The molecule has 0 radical (unpaired) electrons. The number of thiazole rings is 1. The van der Waals surface area contributed by atoms with E-state index < -0.39 is 11.4 Å². The summed E-state index contributed by atoms with van der Waals surface area (Å²) < 4.78 is 32.7. The molecule has 4 nitrogen and oxygen atoms in total. The zero-order chi connectivity index (χ0) is 16.7. The Bertz CT molecular complexity index is 1160. The Morgan fingerprint density at radius 2 is 1.96 bits per heavy atom. The zero-order valence-electron chi connectivity index (χ0n) is 12.0. The van der Waals surface area contributed by atoms with Crippen LogP contribution in [0.1, 0.15) is 10.9 Å². The fraction of sp³-hybridized carbons (Fsp3) is 0. The molecule has 0 saturated heterocycles. The van der Waals surface area contributed by atoms with Gasteiger partial charge < -0.3 is 4.42 Å². The summed E-state index contributed by atoms with van der Waals surface area (Å²) in [6, 6.07) is 8.42. The first kappa shape index (κ1) is 14.6. The van der Waals surface area contributed by atoms with Crippen molar-refractivity contribution in [3.63, 3.8) is 0 Å². The summed E-state index contributed by atoms with van der Waals surface area (Å²) in [5.74, 6) is -0.951. The number of halogens is 2. The SMILES string of the molecule is O=c1oc(/C=C/c2nc3ccc(F)cc3s2)nc2c(F)cccc12. The lowest BCUT2D eigenvalue weighted by Gasteiger charge is -1.98. The van der Waals surface area contributed by atoms with Crippen molar-refractivity contribution in [2.75, 3.05) is 0 Å². The van der Waals surface area contributed by atoms with Gasteiger partial charge in [-0.15, -0.1) is 11.3 Å². The quantitative estimate of drug-likeness (QED) is 0.546. The molecule has 7 heteroatoms. The molecule has 0 aliphatic heterocycles. The number of para-hydroxylation sites is 1. The zero-order valence-corrected chi connectivity index (χ0v) is 12.8. The minimum Gasteiger partial charge on any atom is -0.404 e. The van der Waals surface area contributed by atoms with Crippen LogP contribution in [-0.4, -0.2) is 9.97 Å². The van der Waals surface area contributed by atoms with Gasteiger partial charge in [-0.05, 0) is 36.4 Å². The average molecular weight is 342 g/mol. The van der Waals surface area contributed by atoms with Crippen molar-refractivity contribution in [1.82, 2.24) is 9.97 Å². The second-order valence-corrected chi connectivity index (χ2v) is 6.04. The van der Waals surface area contributed by atoms with Crippen molar-refractivity contribution < 1.29 is 13.2 Å². The lowest BCUT2D eigenvalue weighted by atomic mass is 10.2. The Morgan fingerprint density at radius 3 is 2.83 bits per heavy atom. The summed E-state index contributed by atoms with van der Waals surface area (Å²) in [7, 11) is 0. The average Bonchev–Trinajstić information content (AvgIpc) is 2.96. The minimum absolute atomic E-state index is 0.0250. The number of hydrogen-bond acceptors (Lipinski definition) is 5. The van der Waals surface area contributed by atoms with Gasteiger partial charge in [-0.25, -0.2) is 23.5 Å². The lowest BCUT2D eigenvalue weighted by Crippen LogP contribution is -2.04. The first-order chi connectivity index (χ1) is 11.6.